The fourth-order valence-corrected chi connectivity index (χ4v) is 2.37. The molecule has 0 radical (unpaired) electrons. The molecule has 0 saturated heterocycles. The third-order valence-corrected chi connectivity index (χ3v) is 3.91. The van der Waals surface area contributed by atoms with Gasteiger partial charge in [0, 0.05) is 24.2 Å². The molecule has 0 heterocycles. The van der Waals surface area contributed by atoms with Gasteiger partial charge in [-0.3, -0.25) is 14.9 Å². The number of nitro benzene ring substituents is 1. The van der Waals surface area contributed by atoms with Crippen LogP contribution in [0.5, 0.6) is 0 Å². The van der Waals surface area contributed by atoms with Crippen molar-refractivity contribution < 1.29 is 9.72 Å². The van der Waals surface area contributed by atoms with Crippen LogP contribution in [0.25, 0.3) is 0 Å². The number of carbonyl (C=O) groups excluding carboxylic acids is 1. The SMILES string of the molecule is CC(C)CCN(C(=O)c1ccc(Cl)c([N+](=O)[O-])c1)C1CC1. The van der Waals surface area contributed by atoms with E-state index in [2.05, 4.69) is 13.8 Å². The minimum Gasteiger partial charge on any atom is -0.336 e. The van der Waals surface area contributed by atoms with Crippen LogP contribution in [-0.2, 0) is 0 Å². The first-order valence-corrected chi connectivity index (χ1v) is 7.53. The zero-order chi connectivity index (χ0) is 15.6. The summed E-state index contributed by atoms with van der Waals surface area (Å²) in [7, 11) is 0. The van der Waals surface area contributed by atoms with Crippen LogP contribution in [0.15, 0.2) is 18.2 Å². The normalized spacial score (nSPS) is 14.3. The van der Waals surface area contributed by atoms with E-state index >= 15 is 0 Å². The second-order valence-electron chi connectivity index (χ2n) is 5.84. The summed E-state index contributed by atoms with van der Waals surface area (Å²) in [6.45, 7) is 4.92. The maximum Gasteiger partial charge on any atom is 0.288 e. The number of hydrogen-bond donors (Lipinski definition) is 0. The molecule has 1 saturated carbocycles. The summed E-state index contributed by atoms with van der Waals surface area (Å²) in [4.78, 5) is 24.8. The lowest BCUT2D eigenvalue weighted by Gasteiger charge is -2.23. The minimum atomic E-state index is -0.561. The molecule has 1 amide bonds. The summed E-state index contributed by atoms with van der Waals surface area (Å²) in [5.74, 6) is 0.372. The number of halogens is 1. The Morgan fingerprint density at radius 1 is 1.48 bits per heavy atom. The van der Waals surface area contributed by atoms with Gasteiger partial charge >= 0.3 is 0 Å². The minimum absolute atomic E-state index is 0.0525. The first kappa shape index (κ1) is 15.8. The topological polar surface area (TPSA) is 63.5 Å². The molecule has 21 heavy (non-hydrogen) atoms. The highest BCUT2D eigenvalue weighted by Gasteiger charge is 2.33. The van der Waals surface area contributed by atoms with Gasteiger partial charge in [0.15, 0.2) is 0 Å². The van der Waals surface area contributed by atoms with E-state index in [9.17, 15) is 14.9 Å². The predicted octanol–water partition coefficient (Wildman–Crippen LogP) is 3.90. The fraction of sp³-hybridized carbons (Fsp3) is 0.533. The van der Waals surface area contributed by atoms with E-state index in [0.29, 0.717) is 18.0 Å². The largest absolute Gasteiger partial charge is 0.336 e. The second-order valence-corrected chi connectivity index (χ2v) is 6.24. The average Bonchev–Trinajstić information content (AvgIpc) is 3.23. The first-order valence-electron chi connectivity index (χ1n) is 7.15. The first-order chi connectivity index (χ1) is 9.90. The van der Waals surface area contributed by atoms with Crippen LogP contribution in [0.4, 0.5) is 5.69 Å². The monoisotopic (exact) mass is 310 g/mol. The molecule has 0 bridgehead atoms. The molecule has 114 valence electrons. The molecular formula is C15H19ClN2O3. The molecule has 1 aliphatic rings. The summed E-state index contributed by atoms with van der Waals surface area (Å²) in [6, 6.07) is 4.53. The Balaban J connectivity index is 2.20. The molecule has 0 N–H and O–H groups in total. The Morgan fingerprint density at radius 3 is 2.67 bits per heavy atom. The summed E-state index contributed by atoms with van der Waals surface area (Å²) in [6.07, 6.45) is 2.96. The van der Waals surface area contributed by atoms with Crippen molar-refractivity contribution in [2.45, 2.75) is 39.2 Å². The Bertz CT molecular complexity index is 556. The van der Waals surface area contributed by atoms with E-state index in [1.54, 1.807) is 6.07 Å². The number of rotatable bonds is 6. The van der Waals surface area contributed by atoms with Crippen LogP contribution in [0.3, 0.4) is 0 Å². The third-order valence-electron chi connectivity index (χ3n) is 3.59. The van der Waals surface area contributed by atoms with Crippen molar-refractivity contribution in [2.75, 3.05) is 6.54 Å². The maximum atomic E-state index is 12.6. The molecule has 5 nitrogen and oxygen atoms in total. The smallest absolute Gasteiger partial charge is 0.288 e. The summed E-state index contributed by atoms with van der Waals surface area (Å²) in [5, 5.41) is 11.0. The van der Waals surface area contributed by atoms with Crippen molar-refractivity contribution >= 4 is 23.2 Å². The zero-order valence-corrected chi connectivity index (χ0v) is 13.0. The molecule has 0 aliphatic heterocycles. The summed E-state index contributed by atoms with van der Waals surface area (Å²) < 4.78 is 0. The Hall–Kier alpha value is -1.62. The average molecular weight is 311 g/mol. The quantitative estimate of drug-likeness (QED) is 0.591. The number of hydrogen-bond acceptors (Lipinski definition) is 3. The van der Waals surface area contributed by atoms with Crippen LogP contribution in [0.2, 0.25) is 5.02 Å². The van der Waals surface area contributed by atoms with Gasteiger partial charge in [0.1, 0.15) is 5.02 Å². The number of nitro groups is 1. The van der Waals surface area contributed by atoms with Crippen molar-refractivity contribution in [3.05, 3.63) is 38.9 Å². The lowest BCUT2D eigenvalue weighted by molar-refractivity contribution is -0.384. The Morgan fingerprint density at radius 2 is 2.14 bits per heavy atom. The number of carbonyl (C=O) groups is 1. The lowest BCUT2D eigenvalue weighted by atomic mass is 10.1. The highest BCUT2D eigenvalue weighted by Crippen LogP contribution is 2.31. The molecule has 0 unspecified atom stereocenters. The van der Waals surface area contributed by atoms with Gasteiger partial charge in [-0.2, -0.15) is 0 Å². The molecule has 0 aromatic heterocycles. The summed E-state index contributed by atoms with van der Waals surface area (Å²) >= 11 is 5.79. The van der Waals surface area contributed by atoms with Crippen molar-refractivity contribution in [3.63, 3.8) is 0 Å². The van der Waals surface area contributed by atoms with Gasteiger partial charge < -0.3 is 4.90 Å². The Labute approximate surface area is 129 Å². The van der Waals surface area contributed by atoms with E-state index < -0.39 is 4.92 Å². The van der Waals surface area contributed by atoms with Crippen LogP contribution in [0, 0.1) is 16.0 Å². The zero-order valence-electron chi connectivity index (χ0n) is 12.2. The fourth-order valence-electron chi connectivity index (χ4n) is 2.18. The van der Waals surface area contributed by atoms with Crippen LogP contribution in [0.1, 0.15) is 43.5 Å². The lowest BCUT2D eigenvalue weighted by Crippen LogP contribution is -2.34. The molecule has 6 heteroatoms. The second kappa shape index (κ2) is 6.43. The van der Waals surface area contributed by atoms with Gasteiger partial charge in [0.2, 0.25) is 0 Å². The van der Waals surface area contributed by atoms with Crippen LogP contribution >= 0.6 is 11.6 Å². The molecule has 1 aromatic carbocycles. The standard InChI is InChI=1S/C15H19ClN2O3/c1-10(2)7-8-17(12-4-5-12)15(19)11-3-6-13(16)14(9-11)18(20)21/h3,6,9-10,12H,4-5,7-8H2,1-2H3. The molecule has 1 fully saturated rings. The van der Waals surface area contributed by atoms with Gasteiger partial charge in [0.05, 0.1) is 4.92 Å². The predicted molar refractivity (Wildman–Crippen MR) is 81.6 cm³/mol. The summed E-state index contributed by atoms with van der Waals surface area (Å²) in [5.41, 5.74) is 0.115. The van der Waals surface area contributed by atoms with Crippen molar-refractivity contribution in [1.82, 2.24) is 4.90 Å². The number of nitrogens with zero attached hydrogens (tertiary/aromatic N) is 2. The third kappa shape index (κ3) is 3.94. The molecule has 0 spiro atoms. The van der Waals surface area contributed by atoms with E-state index in [0.717, 1.165) is 19.3 Å². The van der Waals surface area contributed by atoms with E-state index in [1.807, 2.05) is 4.90 Å². The number of benzene rings is 1. The molecule has 0 atom stereocenters. The Kier molecular flexibility index (Phi) is 4.83. The van der Waals surface area contributed by atoms with Crippen LogP contribution in [-0.4, -0.2) is 28.3 Å². The van der Waals surface area contributed by atoms with Gasteiger partial charge in [-0.05, 0) is 37.3 Å². The highest BCUT2D eigenvalue weighted by atomic mass is 35.5. The van der Waals surface area contributed by atoms with Gasteiger partial charge in [-0.25, -0.2) is 0 Å². The van der Waals surface area contributed by atoms with E-state index in [4.69, 9.17) is 11.6 Å². The molecule has 1 aromatic rings. The van der Waals surface area contributed by atoms with Gasteiger partial charge in [-0.15, -0.1) is 0 Å². The molecule has 1 aliphatic carbocycles. The molecular weight excluding hydrogens is 292 g/mol. The maximum absolute atomic E-state index is 12.6. The van der Waals surface area contributed by atoms with E-state index in [-0.39, 0.29) is 22.7 Å². The highest BCUT2D eigenvalue weighted by molar-refractivity contribution is 6.32. The van der Waals surface area contributed by atoms with Crippen LogP contribution < -0.4 is 0 Å². The van der Waals surface area contributed by atoms with Crippen molar-refractivity contribution in [1.29, 1.82) is 0 Å². The van der Waals surface area contributed by atoms with Gasteiger partial charge in [0.25, 0.3) is 11.6 Å². The van der Waals surface area contributed by atoms with Crippen molar-refractivity contribution in [3.8, 4) is 0 Å². The van der Waals surface area contributed by atoms with Gasteiger partial charge in [-0.1, -0.05) is 25.4 Å². The number of amides is 1. The van der Waals surface area contributed by atoms with E-state index in [1.165, 1.54) is 12.1 Å². The molecule has 2 rings (SSSR count). The van der Waals surface area contributed by atoms with Crippen molar-refractivity contribution in [2.24, 2.45) is 5.92 Å².